The predicted molar refractivity (Wildman–Crippen MR) is 142 cm³/mol. The first-order valence-corrected chi connectivity index (χ1v) is 12.1. The van der Waals surface area contributed by atoms with Crippen molar-refractivity contribution in [1.29, 1.82) is 0 Å². The van der Waals surface area contributed by atoms with Crippen LogP contribution in [0.4, 0.5) is 10.5 Å². The van der Waals surface area contributed by atoms with E-state index in [2.05, 4.69) is 35.9 Å². The Kier molecular flexibility index (Phi) is 6.25. The first kappa shape index (κ1) is 23.3. The van der Waals surface area contributed by atoms with Gasteiger partial charge in [-0.15, -0.1) is 0 Å². The molecule has 1 atom stereocenters. The number of fused-ring (bicyclic) bond motifs is 1. The highest BCUT2D eigenvalue weighted by molar-refractivity contribution is 6.39. The van der Waals surface area contributed by atoms with Crippen LogP contribution < -0.4 is 10.2 Å². The summed E-state index contributed by atoms with van der Waals surface area (Å²) in [6.07, 6.45) is 4.50. The third-order valence-corrected chi connectivity index (χ3v) is 6.75. The van der Waals surface area contributed by atoms with E-state index in [1.54, 1.807) is 18.2 Å². The van der Waals surface area contributed by atoms with Gasteiger partial charge in [0.25, 0.3) is 11.8 Å². The van der Waals surface area contributed by atoms with E-state index in [1.807, 2.05) is 60.8 Å². The highest BCUT2D eigenvalue weighted by atomic mass is 16.2. The zero-order valence-corrected chi connectivity index (χ0v) is 20.3. The SMILES string of the molecule is CC[C@@H](C)c1ccc(N2C(=O)NC(=O)/C(=C/c3cn(Cc4ccccc4)c4ccccc34)C2=O)cc1. The number of barbiturate groups is 1. The summed E-state index contributed by atoms with van der Waals surface area (Å²) in [6, 6.07) is 24.5. The lowest BCUT2D eigenvalue weighted by atomic mass is 9.98. The maximum absolute atomic E-state index is 13.4. The fourth-order valence-electron chi connectivity index (χ4n) is 4.54. The van der Waals surface area contributed by atoms with Crippen LogP contribution in [0, 0.1) is 0 Å². The van der Waals surface area contributed by atoms with Crippen molar-refractivity contribution in [3.8, 4) is 0 Å². The number of benzene rings is 3. The van der Waals surface area contributed by atoms with E-state index >= 15 is 0 Å². The molecule has 0 spiro atoms. The summed E-state index contributed by atoms with van der Waals surface area (Å²) in [6.45, 7) is 4.89. The Morgan fingerprint density at radius 2 is 1.58 bits per heavy atom. The Balaban J connectivity index is 1.52. The molecular formula is C30H27N3O3. The summed E-state index contributed by atoms with van der Waals surface area (Å²) in [4.78, 5) is 39.9. The first-order valence-electron chi connectivity index (χ1n) is 12.1. The van der Waals surface area contributed by atoms with Gasteiger partial charge >= 0.3 is 6.03 Å². The van der Waals surface area contributed by atoms with E-state index < -0.39 is 17.8 Å². The van der Waals surface area contributed by atoms with Crippen LogP contribution in [0.15, 0.2) is 90.6 Å². The molecule has 36 heavy (non-hydrogen) atoms. The number of rotatable bonds is 6. The van der Waals surface area contributed by atoms with Crippen molar-refractivity contribution in [2.45, 2.75) is 32.7 Å². The number of nitrogens with zero attached hydrogens (tertiary/aromatic N) is 2. The molecule has 0 radical (unpaired) electrons. The van der Waals surface area contributed by atoms with Crippen molar-refractivity contribution in [1.82, 2.24) is 9.88 Å². The quantitative estimate of drug-likeness (QED) is 0.279. The number of anilines is 1. The molecule has 1 aliphatic heterocycles. The summed E-state index contributed by atoms with van der Waals surface area (Å²) in [5.41, 5.74) is 4.34. The number of imide groups is 2. The lowest BCUT2D eigenvalue weighted by Gasteiger charge is -2.26. The number of amides is 4. The molecule has 4 aromatic rings. The first-order chi connectivity index (χ1) is 17.5. The number of para-hydroxylation sites is 1. The Morgan fingerprint density at radius 1 is 0.889 bits per heavy atom. The van der Waals surface area contributed by atoms with Gasteiger partial charge in [0.1, 0.15) is 5.57 Å². The Bertz CT molecular complexity index is 1480. The minimum absolute atomic E-state index is 0.0804. The summed E-state index contributed by atoms with van der Waals surface area (Å²) in [5, 5.41) is 3.24. The summed E-state index contributed by atoms with van der Waals surface area (Å²) in [5.74, 6) is -0.965. The third kappa shape index (κ3) is 4.33. The molecule has 0 aliphatic carbocycles. The lowest BCUT2D eigenvalue weighted by Crippen LogP contribution is -2.54. The van der Waals surface area contributed by atoms with Gasteiger partial charge in [0.05, 0.1) is 5.69 Å². The van der Waals surface area contributed by atoms with Gasteiger partial charge in [-0.3, -0.25) is 14.9 Å². The van der Waals surface area contributed by atoms with Gasteiger partial charge in [-0.2, -0.15) is 0 Å². The summed E-state index contributed by atoms with van der Waals surface area (Å²) in [7, 11) is 0. The fourth-order valence-corrected chi connectivity index (χ4v) is 4.54. The largest absolute Gasteiger partial charge is 0.342 e. The average molecular weight is 478 g/mol. The number of hydrogen-bond donors (Lipinski definition) is 1. The molecule has 2 heterocycles. The molecule has 0 saturated carbocycles. The fraction of sp³-hybridized carbons (Fsp3) is 0.167. The lowest BCUT2D eigenvalue weighted by molar-refractivity contribution is -0.122. The van der Waals surface area contributed by atoms with Crippen molar-refractivity contribution in [2.75, 3.05) is 4.90 Å². The van der Waals surface area contributed by atoms with E-state index in [9.17, 15) is 14.4 Å². The third-order valence-electron chi connectivity index (χ3n) is 6.75. The molecule has 0 bridgehead atoms. The van der Waals surface area contributed by atoms with E-state index in [1.165, 1.54) is 0 Å². The van der Waals surface area contributed by atoms with Crippen molar-refractivity contribution >= 4 is 40.5 Å². The minimum atomic E-state index is -0.745. The topological polar surface area (TPSA) is 71.4 Å². The van der Waals surface area contributed by atoms with Crippen LogP contribution in [0.2, 0.25) is 0 Å². The van der Waals surface area contributed by atoms with E-state index in [0.29, 0.717) is 18.2 Å². The van der Waals surface area contributed by atoms with Gasteiger partial charge in [0, 0.05) is 29.2 Å². The zero-order valence-electron chi connectivity index (χ0n) is 20.3. The molecule has 1 saturated heterocycles. The molecule has 1 aromatic heterocycles. The Hall–Kier alpha value is -4.45. The van der Waals surface area contributed by atoms with Crippen LogP contribution in [0.5, 0.6) is 0 Å². The highest BCUT2D eigenvalue weighted by Crippen LogP contribution is 2.28. The summed E-state index contributed by atoms with van der Waals surface area (Å²) >= 11 is 0. The van der Waals surface area contributed by atoms with Crippen LogP contribution in [0.3, 0.4) is 0 Å². The number of aromatic nitrogens is 1. The van der Waals surface area contributed by atoms with Gasteiger partial charge in [0.2, 0.25) is 0 Å². The van der Waals surface area contributed by atoms with Gasteiger partial charge in [0.15, 0.2) is 0 Å². The summed E-state index contributed by atoms with van der Waals surface area (Å²) < 4.78 is 2.10. The molecule has 4 amide bonds. The molecule has 6 heteroatoms. The van der Waals surface area contributed by atoms with Crippen LogP contribution >= 0.6 is 0 Å². The van der Waals surface area contributed by atoms with E-state index in [-0.39, 0.29) is 5.57 Å². The van der Waals surface area contributed by atoms with Gasteiger partial charge in [-0.05, 0) is 47.7 Å². The zero-order chi connectivity index (χ0) is 25.2. The molecule has 3 aromatic carbocycles. The van der Waals surface area contributed by atoms with Gasteiger partial charge in [-0.25, -0.2) is 9.69 Å². The molecular weight excluding hydrogens is 450 g/mol. The normalized spacial score (nSPS) is 16.0. The molecule has 5 rings (SSSR count). The van der Waals surface area contributed by atoms with Crippen LogP contribution in [0.25, 0.3) is 17.0 Å². The molecule has 6 nitrogen and oxygen atoms in total. The van der Waals surface area contributed by atoms with Crippen LogP contribution in [-0.4, -0.2) is 22.4 Å². The second-order valence-corrected chi connectivity index (χ2v) is 9.07. The minimum Gasteiger partial charge on any atom is -0.342 e. The second kappa shape index (κ2) is 9.66. The molecule has 1 aliphatic rings. The Morgan fingerprint density at radius 3 is 2.31 bits per heavy atom. The monoisotopic (exact) mass is 477 g/mol. The number of urea groups is 1. The number of carbonyl (C=O) groups is 3. The van der Waals surface area contributed by atoms with Gasteiger partial charge < -0.3 is 4.57 Å². The van der Waals surface area contributed by atoms with Crippen LogP contribution in [-0.2, 0) is 16.1 Å². The van der Waals surface area contributed by atoms with Gasteiger partial charge in [-0.1, -0.05) is 74.5 Å². The highest BCUT2D eigenvalue weighted by Gasteiger charge is 2.37. The van der Waals surface area contributed by atoms with Crippen LogP contribution in [0.1, 0.15) is 42.9 Å². The Labute approximate surface area is 209 Å². The van der Waals surface area contributed by atoms with E-state index in [4.69, 9.17) is 0 Å². The molecule has 1 fully saturated rings. The smallest absolute Gasteiger partial charge is 0.335 e. The maximum atomic E-state index is 13.4. The van der Waals surface area contributed by atoms with Crippen molar-refractivity contribution in [2.24, 2.45) is 0 Å². The van der Waals surface area contributed by atoms with E-state index in [0.717, 1.165) is 38.9 Å². The molecule has 1 N–H and O–H groups in total. The van der Waals surface area contributed by atoms with Crippen molar-refractivity contribution in [3.63, 3.8) is 0 Å². The maximum Gasteiger partial charge on any atom is 0.335 e. The standard InChI is InChI=1S/C30H27N3O3/c1-3-20(2)22-13-15-24(16-14-22)33-29(35)26(28(34)31-30(33)36)17-23-19-32(18-21-9-5-4-6-10-21)27-12-8-7-11-25(23)27/h4-17,19-20H,3,18H2,1-2H3,(H,31,34,36)/b26-17-/t20-/m1/s1. The number of nitrogens with one attached hydrogen (secondary N) is 1. The van der Waals surface area contributed by atoms with Crippen molar-refractivity contribution < 1.29 is 14.4 Å². The number of hydrogen-bond acceptors (Lipinski definition) is 3. The number of carbonyl (C=O) groups excluding carboxylic acids is 3. The average Bonchev–Trinajstić information content (AvgIpc) is 3.24. The predicted octanol–water partition coefficient (Wildman–Crippen LogP) is 5.87. The molecule has 0 unspecified atom stereocenters. The van der Waals surface area contributed by atoms with Crippen molar-refractivity contribution in [3.05, 3.63) is 107 Å². The molecule has 180 valence electrons. The second-order valence-electron chi connectivity index (χ2n) is 9.07.